The Hall–Kier alpha value is -2.09. The normalized spacial score (nSPS) is 13.2. The van der Waals surface area contributed by atoms with Gasteiger partial charge in [-0.2, -0.15) is 0 Å². The molecule has 2 unspecified atom stereocenters. The lowest BCUT2D eigenvalue weighted by molar-refractivity contribution is -0.145. The summed E-state index contributed by atoms with van der Waals surface area (Å²) in [5.41, 5.74) is 0. The van der Waals surface area contributed by atoms with Gasteiger partial charge in [-0.3, -0.25) is 4.79 Å². The molecule has 1 heterocycles. The standard InChI is InChI=1S/C13H18N2O5S/c1-2-4-8(10-5-3-6-21-10)14-13(20)15-9(12(18)19)7-11(16)17/h3,5-6,8-9H,2,4,7H2,1H3,(H,16,17)(H,18,19)(H2,14,15,20). The molecule has 116 valence electrons. The molecule has 0 radical (unpaired) electrons. The van der Waals surface area contributed by atoms with Gasteiger partial charge in [0, 0.05) is 4.88 Å². The average Bonchev–Trinajstić information content (AvgIpc) is 2.90. The Balaban J connectivity index is 2.64. The van der Waals surface area contributed by atoms with Gasteiger partial charge in [0.25, 0.3) is 0 Å². The predicted octanol–water partition coefficient (Wildman–Crippen LogP) is 1.82. The summed E-state index contributed by atoms with van der Waals surface area (Å²) in [6, 6.07) is 1.40. The summed E-state index contributed by atoms with van der Waals surface area (Å²) in [6.07, 6.45) is 0.894. The highest BCUT2D eigenvalue weighted by Gasteiger charge is 2.24. The number of rotatable bonds is 8. The molecular formula is C13H18N2O5S. The number of urea groups is 1. The predicted molar refractivity (Wildman–Crippen MR) is 77.3 cm³/mol. The highest BCUT2D eigenvalue weighted by Crippen LogP contribution is 2.22. The van der Waals surface area contributed by atoms with Crippen molar-refractivity contribution in [3.8, 4) is 0 Å². The van der Waals surface area contributed by atoms with Crippen molar-refractivity contribution in [3.63, 3.8) is 0 Å². The number of carboxylic acids is 2. The Morgan fingerprint density at radius 2 is 2.00 bits per heavy atom. The largest absolute Gasteiger partial charge is 0.481 e. The van der Waals surface area contributed by atoms with Crippen LogP contribution in [0.5, 0.6) is 0 Å². The maximum atomic E-state index is 11.8. The molecule has 0 saturated heterocycles. The van der Waals surface area contributed by atoms with Crippen molar-refractivity contribution in [1.82, 2.24) is 10.6 Å². The minimum absolute atomic E-state index is 0.214. The molecule has 0 aliphatic rings. The van der Waals surface area contributed by atoms with Gasteiger partial charge in [0.05, 0.1) is 12.5 Å². The molecule has 4 N–H and O–H groups in total. The third kappa shape index (κ3) is 5.82. The zero-order chi connectivity index (χ0) is 15.8. The number of hydrogen-bond donors (Lipinski definition) is 4. The van der Waals surface area contributed by atoms with Crippen molar-refractivity contribution >= 4 is 29.3 Å². The Morgan fingerprint density at radius 3 is 2.48 bits per heavy atom. The van der Waals surface area contributed by atoms with E-state index in [-0.39, 0.29) is 6.04 Å². The highest BCUT2D eigenvalue weighted by atomic mass is 32.1. The molecule has 0 bridgehead atoms. The van der Waals surface area contributed by atoms with Crippen LogP contribution in [0.4, 0.5) is 4.79 Å². The van der Waals surface area contributed by atoms with Crippen LogP contribution in [-0.2, 0) is 9.59 Å². The first kappa shape index (κ1) is 17.0. The Labute approximate surface area is 126 Å². The molecule has 0 spiro atoms. The van der Waals surface area contributed by atoms with Gasteiger partial charge in [-0.1, -0.05) is 19.4 Å². The van der Waals surface area contributed by atoms with Gasteiger partial charge < -0.3 is 20.8 Å². The molecule has 1 aromatic heterocycles. The molecule has 2 atom stereocenters. The molecular weight excluding hydrogens is 296 g/mol. The van der Waals surface area contributed by atoms with Crippen molar-refractivity contribution < 1.29 is 24.6 Å². The second-order valence-corrected chi connectivity index (χ2v) is 5.44. The molecule has 0 aliphatic heterocycles. The van der Waals surface area contributed by atoms with Crippen LogP contribution in [0, 0.1) is 0 Å². The van der Waals surface area contributed by atoms with Gasteiger partial charge in [-0.25, -0.2) is 9.59 Å². The first-order valence-electron chi connectivity index (χ1n) is 6.49. The molecule has 0 fully saturated rings. The molecule has 0 aliphatic carbocycles. The van der Waals surface area contributed by atoms with Gasteiger partial charge in [-0.05, 0) is 17.9 Å². The summed E-state index contributed by atoms with van der Waals surface area (Å²) in [5, 5.41) is 24.3. The van der Waals surface area contributed by atoms with Crippen LogP contribution in [0.25, 0.3) is 0 Å². The highest BCUT2D eigenvalue weighted by molar-refractivity contribution is 7.10. The number of aliphatic carboxylic acids is 2. The zero-order valence-corrected chi connectivity index (χ0v) is 12.4. The topological polar surface area (TPSA) is 116 Å². The number of nitrogens with one attached hydrogen (secondary N) is 2. The number of carboxylic acid groups (broad SMARTS) is 2. The minimum atomic E-state index is -1.45. The van der Waals surface area contributed by atoms with E-state index in [9.17, 15) is 14.4 Å². The number of thiophene rings is 1. The van der Waals surface area contributed by atoms with Gasteiger partial charge >= 0.3 is 18.0 Å². The summed E-state index contributed by atoms with van der Waals surface area (Å²) in [6.45, 7) is 1.98. The Morgan fingerprint density at radius 1 is 1.29 bits per heavy atom. The zero-order valence-electron chi connectivity index (χ0n) is 11.5. The number of hydrogen-bond acceptors (Lipinski definition) is 4. The lowest BCUT2D eigenvalue weighted by Crippen LogP contribution is -2.47. The maximum Gasteiger partial charge on any atom is 0.326 e. The van der Waals surface area contributed by atoms with Gasteiger partial charge in [0.2, 0.25) is 0 Å². The second kappa shape index (κ2) is 8.25. The molecule has 2 amide bonds. The van der Waals surface area contributed by atoms with E-state index in [1.807, 2.05) is 24.4 Å². The first-order chi connectivity index (χ1) is 9.93. The van der Waals surface area contributed by atoms with Crippen LogP contribution in [0.2, 0.25) is 0 Å². The fraction of sp³-hybridized carbons (Fsp3) is 0.462. The second-order valence-electron chi connectivity index (χ2n) is 4.46. The quantitative estimate of drug-likeness (QED) is 0.584. The smallest absolute Gasteiger partial charge is 0.326 e. The molecule has 21 heavy (non-hydrogen) atoms. The van der Waals surface area contributed by atoms with Crippen molar-refractivity contribution in [2.45, 2.75) is 38.3 Å². The molecule has 8 heteroatoms. The molecule has 1 rings (SSSR count). The fourth-order valence-corrected chi connectivity index (χ4v) is 2.61. The van der Waals surface area contributed by atoms with Crippen LogP contribution in [0.15, 0.2) is 17.5 Å². The van der Waals surface area contributed by atoms with E-state index in [1.165, 1.54) is 11.3 Å². The summed E-state index contributed by atoms with van der Waals surface area (Å²) < 4.78 is 0. The van der Waals surface area contributed by atoms with Crippen LogP contribution in [0.1, 0.15) is 37.1 Å². The van der Waals surface area contributed by atoms with Crippen LogP contribution >= 0.6 is 11.3 Å². The minimum Gasteiger partial charge on any atom is -0.481 e. The van der Waals surface area contributed by atoms with Crippen molar-refractivity contribution in [3.05, 3.63) is 22.4 Å². The molecule has 0 saturated carbocycles. The Bertz CT molecular complexity index is 489. The van der Waals surface area contributed by atoms with E-state index in [1.54, 1.807) is 0 Å². The van der Waals surface area contributed by atoms with E-state index in [2.05, 4.69) is 10.6 Å². The van der Waals surface area contributed by atoms with E-state index in [0.717, 1.165) is 11.3 Å². The molecule has 0 aromatic carbocycles. The summed E-state index contributed by atoms with van der Waals surface area (Å²) in [5.74, 6) is -2.67. The average molecular weight is 314 g/mol. The van der Waals surface area contributed by atoms with Gasteiger partial charge in [0.15, 0.2) is 0 Å². The Kier molecular flexibility index (Phi) is 6.67. The summed E-state index contributed by atoms with van der Waals surface area (Å²) in [7, 11) is 0. The number of carbonyl (C=O) groups is 3. The summed E-state index contributed by atoms with van der Waals surface area (Å²) in [4.78, 5) is 34.3. The van der Waals surface area contributed by atoms with Crippen LogP contribution in [-0.4, -0.2) is 34.2 Å². The van der Waals surface area contributed by atoms with Crippen molar-refractivity contribution in [2.24, 2.45) is 0 Å². The maximum absolute atomic E-state index is 11.8. The van der Waals surface area contributed by atoms with Crippen molar-refractivity contribution in [1.29, 1.82) is 0 Å². The molecule has 7 nitrogen and oxygen atoms in total. The van der Waals surface area contributed by atoms with Gasteiger partial charge in [0.1, 0.15) is 6.04 Å². The van der Waals surface area contributed by atoms with Gasteiger partial charge in [-0.15, -0.1) is 11.3 Å². The fourth-order valence-electron chi connectivity index (χ4n) is 1.80. The SMILES string of the molecule is CCCC(NC(=O)NC(CC(=O)O)C(=O)O)c1cccs1. The third-order valence-corrected chi connectivity index (χ3v) is 3.74. The lowest BCUT2D eigenvalue weighted by Gasteiger charge is -2.19. The van der Waals surface area contributed by atoms with E-state index in [0.29, 0.717) is 6.42 Å². The third-order valence-electron chi connectivity index (χ3n) is 2.75. The van der Waals surface area contributed by atoms with E-state index >= 15 is 0 Å². The monoisotopic (exact) mass is 314 g/mol. The summed E-state index contributed by atoms with van der Waals surface area (Å²) >= 11 is 1.50. The van der Waals surface area contributed by atoms with Crippen molar-refractivity contribution in [2.75, 3.05) is 0 Å². The first-order valence-corrected chi connectivity index (χ1v) is 7.37. The lowest BCUT2D eigenvalue weighted by atomic mass is 10.1. The van der Waals surface area contributed by atoms with Crippen LogP contribution in [0.3, 0.4) is 0 Å². The van der Waals surface area contributed by atoms with Crippen LogP contribution < -0.4 is 10.6 Å². The van der Waals surface area contributed by atoms with E-state index in [4.69, 9.17) is 10.2 Å². The number of carbonyl (C=O) groups excluding carboxylic acids is 1. The van der Waals surface area contributed by atoms with E-state index < -0.39 is 30.4 Å². The number of amides is 2. The molecule has 1 aromatic rings.